The Kier molecular flexibility index (Phi) is 9.58. The quantitative estimate of drug-likeness (QED) is 0.335. The Morgan fingerprint density at radius 1 is 1.09 bits per heavy atom. The molecule has 1 saturated heterocycles. The highest BCUT2D eigenvalue weighted by molar-refractivity contribution is 7.88. The Morgan fingerprint density at radius 3 is 2.49 bits per heavy atom. The summed E-state index contributed by atoms with van der Waals surface area (Å²) in [5, 5.41) is 1.11. The molecule has 1 aliphatic heterocycles. The number of carbonyl (C=O) groups is 1. The minimum absolute atomic E-state index is 0.0264. The molecule has 1 amide bonds. The maximum atomic E-state index is 14.6. The monoisotopic (exact) mass is 611 g/mol. The van der Waals surface area contributed by atoms with Gasteiger partial charge < -0.3 is 14.4 Å². The predicted octanol–water partition coefficient (Wildman–Crippen LogP) is 5.71. The maximum absolute atomic E-state index is 14.6. The van der Waals surface area contributed by atoms with E-state index >= 15 is 0 Å². The van der Waals surface area contributed by atoms with Crippen LogP contribution >= 0.6 is 0 Å². The van der Waals surface area contributed by atoms with E-state index in [4.69, 9.17) is 0 Å². The molecule has 1 aliphatic carbocycles. The fourth-order valence-electron chi connectivity index (χ4n) is 7.33. The van der Waals surface area contributed by atoms with Crippen LogP contribution in [0.15, 0.2) is 42.9 Å². The molecule has 10 heteroatoms. The van der Waals surface area contributed by atoms with Crippen LogP contribution in [-0.2, 0) is 10.0 Å². The van der Waals surface area contributed by atoms with Gasteiger partial charge in [-0.1, -0.05) is 0 Å². The van der Waals surface area contributed by atoms with Crippen molar-refractivity contribution in [2.75, 3.05) is 25.9 Å². The molecule has 0 spiro atoms. The number of hydrogen-bond acceptors (Lipinski definition) is 5. The molecule has 2 aliphatic rings. The van der Waals surface area contributed by atoms with Gasteiger partial charge in [0.25, 0.3) is 5.91 Å². The van der Waals surface area contributed by atoms with Crippen LogP contribution in [0.3, 0.4) is 0 Å². The molecular formula is C33H46FN5O3S. The summed E-state index contributed by atoms with van der Waals surface area (Å²) < 4.78 is 42.7. The Hall–Kier alpha value is -2.82. The minimum Gasteiger partial charge on any atom is -0.334 e. The fraction of sp³-hybridized carbons (Fsp3) is 0.576. The van der Waals surface area contributed by atoms with Crippen molar-refractivity contribution in [3.8, 4) is 5.69 Å². The SMILES string of the molecule is CC(C)N(C(=O)c1cc(F)ccc1-n1cc(C2CCCN(CC3CCC(NS(C)(=O)=O)CC3)C2)c2ccncc21)C(C)C. The predicted molar refractivity (Wildman–Crippen MR) is 170 cm³/mol. The highest BCUT2D eigenvalue weighted by Gasteiger charge is 2.30. The van der Waals surface area contributed by atoms with Crippen molar-refractivity contribution in [2.24, 2.45) is 5.92 Å². The Balaban J connectivity index is 1.40. The first-order valence-corrected chi connectivity index (χ1v) is 17.6. The first kappa shape index (κ1) is 31.6. The van der Waals surface area contributed by atoms with Gasteiger partial charge in [-0.2, -0.15) is 0 Å². The molecule has 1 saturated carbocycles. The van der Waals surface area contributed by atoms with Crippen LogP contribution in [0, 0.1) is 11.7 Å². The number of halogens is 1. The summed E-state index contributed by atoms with van der Waals surface area (Å²) in [6, 6.07) is 6.54. The number of hydrogen-bond donors (Lipinski definition) is 1. The van der Waals surface area contributed by atoms with Gasteiger partial charge in [0.15, 0.2) is 0 Å². The van der Waals surface area contributed by atoms with Crippen LogP contribution in [-0.4, -0.2) is 77.7 Å². The molecule has 0 radical (unpaired) electrons. The summed E-state index contributed by atoms with van der Waals surface area (Å²) in [7, 11) is -3.17. The zero-order valence-electron chi connectivity index (χ0n) is 26.1. The minimum atomic E-state index is -3.17. The van der Waals surface area contributed by atoms with E-state index in [0.29, 0.717) is 23.1 Å². The molecule has 2 fully saturated rings. The second-order valence-electron chi connectivity index (χ2n) is 13.1. The summed E-state index contributed by atoms with van der Waals surface area (Å²) in [5.74, 6) is 0.278. The number of piperidine rings is 1. The van der Waals surface area contributed by atoms with Crippen LogP contribution in [0.2, 0.25) is 0 Å². The lowest BCUT2D eigenvalue weighted by Crippen LogP contribution is -2.42. The van der Waals surface area contributed by atoms with E-state index < -0.39 is 15.8 Å². The summed E-state index contributed by atoms with van der Waals surface area (Å²) in [4.78, 5) is 22.6. The lowest BCUT2D eigenvalue weighted by atomic mass is 9.85. The van der Waals surface area contributed by atoms with E-state index in [-0.39, 0.29) is 24.0 Å². The van der Waals surface area contributed by atoms with Gasteiger partial charge in [-0.15, -0.1) is 0 Å². The number of benzene rings is 1. The number of pyridine rings is 1. The third-order valence-corrected chi connectivity index (χ3v) is 9.89. The summed E-state index contributed by atoms with van der Waals surface area (Å²) in [6.45, 7) is 11.0. The second-order valence-corrected chi connectivity index (χ2v) is 14.9. The number of fused-ring (bicyclic) bond motifs is 1. The average Bonchev–Trinajstić information content (AvgIpc) is 3.33. The number of nitrogens with zero attached hydrogens (tertiary/aromatic N) is 4. The Bertz CT molecular complexity index is 1540. The lowest BCUT2D eigenvalue weighted by molar-refractivity contribution is 0.0643. The Morgan fingerprint density at radius 2 is 1.81 bits per heavy atom. The number of likely N-dealkylation sites (tertiary alicyclic amines) is 1. The normalized spacial score (nSPS) is 22.0. The number of amides is 1. The summed E-state index contributed by atoms with van der Waals surface area (Å²) in [6.07, 6.45) is 13.0. The molecule has 234 valence electrons. The maximum Gasteiger partial charge on any atom is 0.256 e. The third-order valence-electron chi connectivity index (χ3n) is 9.12. The number of carbonyl (C=O) groups excluding carboxylic acids is 1. The Labute approximate surface area is 255 Å². The van der Waals surface area contributed by atoms with E-state index in [2.05, 4.69) is 26.9 Å². The van der Waals surface area contributed by atoms with E-state index in [1.807, 2.05) is 44.7 Å². The van der Waals surface area contributed by atoms with Crippen molar-refractivity contribution in [1.29, 1.82) is 0 Å². The van der Waals surface area contributed by atoms with Crippen molar-refractivity contribution in [2.45, 2.75) is 90.3 Å². The van der Waals surface area contributed by atoms with Crippen molar-refractivity contribution in [3.05, 3.63) is 59.8 Å². The molecule has 2 aromatic heterocycles. The first-order chi connectivity index (χ1) is 20.4. The van der Waals surface area contributed by atoms with Crippen LogP contribution in [0.25, 0.3) is 16.6 Å². The molecule has 5 rings (SSSR count). The molecule has 3 aromatic rings. The van der Waals surface area contributed by atoms with Gasteiger partial charge in [-0.25, -0.2) is 17.5 Å². The second kappa shape index (κ2) is 13.0. The van der Waals surface area contributed by atoms with Gasteiger partial charge in [-0.05, 0) is 114 Å². The van der Waals surface area contributed by atoms with Crippen molar-refractivity contribution in [1.82, 2.24) is 24.1 Å². The number of sulfonamides is 1. The van der Waals surface area contributed by atoms with Crippen LogP contribution in [0.1, 0.15) is 88.1 Å². The van der Waals surface area contributed by atoms with Gasteiger partial charge in [0.05, 0.1) is 29.2 Å². The van der Waals surface area contributed by atoms with Crippen molar-refractivity contribution in [3.63, 3.8) is 0 Å². The summed E-state index contributed by atoms with van der Waals surface area (Å²) in [5.41, 5.74) is 3.15. The first-order valence-electron chi connectivity index (χ1n) is 15.7. The summed E-state index contributed by atoms with van der Waals surface area (Å²) >= 11 is 0. The lowest BCUT2D eigenvalue weighted by Gasteiger charge is -2.37. The highest BCUT2D eigenvalue weighted by atomic mass is 32.2. The molecule has 3 heterocycles. The molecule has 8 nitrogen and oxygen atoms in total. The average molecular weight is 612 g/mol. The highest BCUT2D eigenvalue weighted by Crippen LogP contribution is 2.36. The smallest absolute Gasteiger partial charge is 0.256 e. The van der Waals surface area contributed by atoms with E-state index in [1.165, 1.54) is 24.0 Å². The largest absolute Gasteiger partial charge is 0.334 e. The fourth-order valence-corrected chi connectivity index (χ4v) is 8.17. The molecule has 1 unspecified atom stereocenters. The zero-order valence-corrected chi connectivity index (χ0v) is 26.9. The number of rotatable bonds is 9. The molecular weight excluding hydrogens is 565 g/mol. The molecule has 1 N–H and O–H groups in total. The molecule has 43 heavy (non-hydrogen) atoms. The van der Waals surface area contributed by atoms with Gasteiger partial charge in [0.2, 0.25) is 10.0 Å². The van der Waals surface area contributed by atoms with Gasteiger partial charge >= 0.3 is 0 Å². The van der Waals surface area contributed by atoms with E-state index in [1.54, 1.807) is 11.0 Å². The van der Waals surface area contributed by atoms with Crippen LogP contribution in [0.5, 0.6) is 0 Å². The molecule has 0 bridgehead atoms. The number of nitrogens with one attached hydrogen (secondary N) is 1. The van der Waals surface area contributed by atoms with E-state index in [9.17, 15) is 17.6 Å². The molecule has 1 aromatic carbocycles. The van der Waals surface area contributed by atoms with E-state index in [0.717, 1.165) is 69.1 Å². The number of aromatic nitrogens is 2. The standard InChI is InChI=1S/C33H46FN5O3S/c1-22(2)39(23(3)4)33(40)29-17-26(34)10-13-31(29)38-21-30(28-14-15-35-18-32(28)38)25-7-6-16-37(20-25)19-24-8-11-27(12-9-24)36-43(5,41)42/h10,13-15,17-18,21-25,27,36H,6-9,11-12,16,19-20H2,1-5H3. The van der Waals surface area contributed by atoms with Crippen LogP contribution in [0.4, 0.5) is 4.39 Å². The van der Waals surface area contributed by atoms with Crippen LogP contribution < -0.4 is 4.72 Å². The zero-order chi connectivity index (χ0) is 30.9. The van der Waals surface area contributed by atoms with Gasteiger partial charge in [0.1, 0.15) is 5.82 Å². The third kappa shape index (κ3) is 7.29. The molecule has 1 atom stereocenters. The van der Waals surface area contributed by atoms with Crippen molar-refractivity contribution >= 4 is 26.8 Å². The van der Waals surface area contributed by atoms with Gasteiger partial charge in [-0.3, -0.25) is 9.78 Å². The van der Waals surface area contributed by atoms with Crippen molar-refractivity contribution < 1.29 is 17.6 Å². The van der Waals surface area contributed by atoms with Gasteiger partial charge in [0, 0.05) is 49.0 Å². The topological polar surface area (TPSA) is 87.5 Å².